The minimum absolute atomic E-state index is 0.0792. The lowest BCUT2D eigenvalue weighted by molar-refractivity contribution is -0.0157. The van der Waals surface area contributed by atoms with Crippen LogP contribution in [-0.2, 0) is 11.2 Å². The molecule has 0 bridgehead atoms. The number of nitrogens with one attached hydrogen (secondary N) is 1. The van der Waals surface area contributed by atoms with Gasteiger partial charge in [-0.2, -0.15) is 0 Å². The van der Waals surface area contributed by atoms with Crippen LogP contribution in [-0.4, -0.2) is 43.8 Å². The van der Waals surface area contributed by atoms with Gasteiger partial charge in [0, 0.05) is 18.8 Å². The number of carbonyl (C=O) groups is 1. The highest BCUT2D eigenvalue weighted by Gasteiger charge is 2.24. The van der Waals surface area contributed by atoms with E-state index in [2.05, 4.69) is 17.4 Å². The number of methoxy groups -OCH3 is 1. The quantitative estimate of drug-likeness (QED) is 0.905. The molecule has 1 N–H and O–H groups in total. The molecule has 5 heteroatoms. The molecule has 0 radical (unpaired) electrons. The Morgan fingerprint density at radius 1 is 1.20 bits per heavy atom. The Labute approximate surface area is 148 Å². The lowest BCUT2D eigenvalue weighted by Gasteiger charge is -2.33. The van der Waals surface area contributed by atoms with Gasteiger partial charge in [-0.1, -0.05) is 30.3 Å². The van der Waals surface area contributed by atoms with Crippen molar-refractivity contribution < 1.29 is 14.3 Å². The van der Waals surface area contributed by atoms with E-state index in [0.29, 0.717) is 19.7 Å². The van der Waals surface area contributed by atoms with Crippen LogP contribution in [0, 0.1) is 0 Å². The van der Waals surface area contributed by atoms with E-state index in [1.54, 1.807) is 7.11 Å². The van der Waals surface area contributed by atoms with Gasteiger partial charge in [0.2, 0.25) is 0 Å². The smallest absolute Gasteiger partial charge is 0.322 e. The first-order valence-corrected chi connectivity index (χ1v) is 8.60. The molecule has 3 rings (SSSR count). The van der Waals surface area contributed by atoms with E-state index >= 15 is 0 Å². The molecule has 0 saturated carbocycles. The number of aryl methyl sites for hydroxylation is 1. The maximum absolute atomic E-state index is 12.5. The van der Waals surface area contributed by atoms with E-state index in [-0.39, 0.29) is 12.1 Å². The average Bonchev–Trinajstić information content (AvgIpc) is 2.68. The Hall–Kier alpha value is -2.53. The normalized spacial score (nSPS) is 17.2. The molecule has 1 aliphatic heterocycles. The fraction of sp³-hybridized carbons (Fsp3) is 0.350. The summed E-state index contributed by atoms with van der Waals surface area (Å²) in [5.74, 6) is 0.769. The first kappa shape index (κ1) is 17.3. The number of morpholine rings is 1. The van der Waals surface area contributed by atoms with Crippen LogP contribution in [0.2, 0.25) is 0 Å². The summed E-state index contributed by atoms with van der Waals surface area (Å²) in [6.07, 6.45) is 1.95. The van der Waals surface area contributed by atoms with Gasteiger partial charge in [0.25, 0.3) is 0 Å². The van der Waals surface area contributed by atoms with Gasteiger partial charge in [0.1, 0.15) is 5.75 Å². The fourth-order valence-corrected chi connectivity index (χ4v) is 2.93. The van der Waals surface area contributed by atoms with Crippen LogP contribution in [0.1, 0.15) is 12.0 Å². The van der Waals surface area contributed by atoms with Gasteiger partial charge in [-0.05, 0) is 42.7 Å². The highest BCUT2D eigenvalue weighted by molar-refractivity contribution is 5.89. The van der Waals surface area contributed by atoms with E-state index in [1.807, 2.05) is 47.4 Å². The van der Waals surface area contributed by atoms with Crippen molar-refractivity contribution in [3.8, 4) is 5.75 Å². The van der Waals surface area contributed by atoms with Crippen molar-refractivity contribution in [1.82, 2.24) is 4.90 Å². The Morgan fingerprint density at radius 2 is 1.96 bits per heavy atom. The molecule has 2 aromatic rings. The van der Waals surface area contributed by atoms with Crippen molar-refractivity contribution in [3.63, 3.8) is 0 Å². The predicted molar refractivity (Wildman–Crippen MR) is 98.1 cm³/mol. The van der Waals surface area contributed by atoms with Crippen LogP contribution < -0.4 is 10.1 Å². The maximum atomic E-state index is 12.5. The second kappa shape index (κ2) is 8.53. The van der Waals surface area contributed by atoms with Crippen LogP contribution in [0.5, 0.6) is 5.75 Å². The predicted octanol–water partition coefficient (Wildman–Crippen LogP) is 3.56. The average molecular weight is 340 g/mol. The molecule has 2 amide bonds. The van der Waals surface area contributed by atoms with E-state index in [1.165, 1.54) is 5.56 Å². The van der Waals surface area contributed by atoms with Crippen LogP contribution in [0.3, 0.4) is 0 Å². The molecule has 0 spiro atoms. The molecule has 1 aliphatic rings. The van der Waals surface area contributed by atoms with E-state index in [4.69, 9.17) is 9.47 Å². The molecule has 1 fully saturated rings. The maximum Gasteiger partial charge on any atom is 0.322 e. The highest BCUT2D eigenvalue weighted by Crippen LogP contribution is 2.17. The number of hydrogen-bond acceptors (Lipinski definition) is 3. The summed E-state index contributed by atoms with van der Waals surface area (Å²) in [5.41, 5.74) is 2.06. The zero-order chi connectivity index (χ0) is 17.5. The summed E-state index contributed by atoms with van der Waals surface area (Å²) in [4.78, 5) is 14.3. The van der Waals surface area contributed by atoms with Crippen LogP contribution >= 0.6 is 0 Å². The summed E-state index contributed by atoms with van der Waals surface area (Å²) in [6, 6.07) is 17.6. The van der Waals surface area contributed by atoms with Crippen LogP contribution in [0.25, 0.3) is 0 Å². The topological polar surface area (TPSA) is 50.8 Å². The molecular formula is C20H24N2O3. The van der Waals surface area contributed by atoms with Gasteiger partial charge in [0.15, 0.2) is 0 Å². The van der Waals surface area contributed by atoms with Crippen molar-refractivity contribution >= 4 is 11.7 Å². The summed E-state index contributed by atoms with van der Waals surface area (Å²) in [6.45, 7) is 1.81. The Bertz CT molecular complexity index is 673. The molecule has 1 saturated heterocycles. The third-order valence-electron chi connectivity index (χ3n) is 4.37. The molecule has 0 aromatic heterocycles. The largest absolute Gasteiger partial charge is 0.497 e. The molecule has 5 nitrogen and oxygen atoms in total. The number of urea groups is 1. The van der Waals surface area contributed by atoms with E-state index < -0.39 is 0 Å². The summed E-state index contributed by atoms with van der Waals surface area (Å²) >= 11 is 0. The SMILES string of the molecule is COc1ccc(NC(=O)N2CCOC(CCc3ccccc3)C2)cc1. The number of rotatable bonds is 5. The number of ether oxygens (including phenoxy) is 2. The third kappa shape index (κ3) is 4.97. The van der Waals surface area contributed by atoms with Gasteiger partial charge in [0.05, 0.1) is 19.8 Å². The Morgan fingerprint density at radius 3 is 2.68 bits per heavy atom. The molecular weight excluding hydrogens is 316 g/mol. The lowest BCUT2D eigenvalue weighted by atomic mass is 10.1. The second-order valence-corrected chi connectivity index (χ2v) is 6.12. The summed E-state index contributed by atoms with van der Waals surface area (Å²) < 4.78 is 11.0. The minimum Gasteiger partial charge on any atom is -0.497 e. The Kier molecular flexibility index (Phi) is 5.90. The molecule has 2 aromatic carbocycles. The van der Waals surface area contributed by atoms with Crippen LogP contribution in [0.4, 0.5) is 10.5 Å². The van der Waals surface area contributed by atoms with Gasteiger partial charge in [-0.15, -0.1) is 0 Å². The molecule has 25 heavy (non-hydrogen) atoms. The first-order chi connectivity index (χ1) is 12.2. The third-order valence-corrected chi connectivity index (χ3v) is 4.37. The number of nitrogens with zero attached hydrogens (tertiary/aromatic N) is 1. The monoisotopic (exact) mass is 340 g/mol. The van der Waals surface area contributed by atoms with E-state index in [9.17, 15) is 4.79 Å². The van der Waals surface area contributed by atoms with Crippen molar-refractivity contribution in [1.29, 1.82) is 0 Å². The molecule has 1 heterocycles. The van der Waals surface area contributed by atoms with Gasteiger partial charge in [-0.25, -0.2) is 4.79 Å². The Balaban J connectivity index is 1.50. The van der Waals surface area contributed by atoms with Gasteiger partial charge in [-0.3, -0.25) is 0 Å². The molecule has 132 valence electrons. The zero-order valence-corrected chi connectivity index (χ0v) is 14.5. The van der Waals surface area contributed by atoms with Crippen molar-refractivity contribution in [2.24, 2.45) is 0 Å². The summed E-state index contributed by atoms with van der Waals surface area (Å²) in [5, 5.41) is 2.93. The highest BCUT2D eigenvalue weighted by atomic mass is 16.5. The summed E-state index contributed by atoms with van der Waals surface area (Å²) in [7, 11) is 1.62. The fourth-order valence-electron chi connectivity index (χ4n) is 2.93. The standard InChI is InChI=1S/C20H24N2O3/c1-24-18-11-8-17(9-12-18)21-20(23)22-13-14-25-19(15-22)10-7-16-5-3-2-4-6-16/h2-6,8-9,11-12,19H,7,10,13-15H2,1H3,(H,21,23). The minimum atomic E-state index is -0.0850. The van der Waals surface area contributed by atoms with Gasteiger partial charge < -0.3 is 19.7 Å². The number of hydrogen-bond donors (Lipinski definition) is 1. The van der Waals surface area contributed by atoms with Crippen LogP contribution in [0.15, 0.2) is 54.6 Å². The number of carbonyl (C=O) groups excluding carboxylic acids is 1. The molecule has 1 unspecified atom stereocenters. The van der Waals surface area contributed by atoms with Crippen molar-refractivity contribution in [3.05, 3.63) is 60.2 Å². The second-order valence-electron chi connectivity index (χ2n) is 6.12. The first-order valence-electron chi connectivity index (χ1n) is 8.60. The molecule has 0 aliphatic carbocycles. The zero-order valence-electron chi connectivity index (χ0n) is 14.5. The lowest BCUT2D eigenvalue weighted by Crippen LogP contribution is -2.47. The van der Waals surface area contributed by atoms with Crippen molar-refractivity contribution in [2.75, 3.05) is 32.1 Å². The van der Waals surface area contributed by atoms with Crippen molar-refractivity contribution in [2.45, 2.75) is 18.9 Å². The number of anilines is 1. The van der Waals surface area contributed by atoms with E-state index in [0.717, 1.165) is 24.3 Å². The number of amides is 2. The number of benzene rings is 2. The molecule has 1 atom stereocenters. The van der Waals surface area contributed by atoms with Gasteiger partial charge >= 0.3 is 6.03 Å².